The molecule has 0 heterocycles. The van der Waals surface area contributed by atoms with Gasteiger partial charge in [0.05, 0.1) is 11.5 Å². The van der Waals surface area contributed by atoms with Gasteiger partial charge in [-0.1, -0.05) is 30.2 Å². The molecule has 88 valence electrons. The second-order valence-electron chi connectivity index (χ2n) is 5.46. The van der Waals surface area contributed by atoms with Gasteiger partial charge in [0.15, 0.2) is 0 Å². The fourth-order valence-electron chi connectivity index (χ4n) is 2.18. The van der Waals surface area contributed by atoms with E-state index in [1.54, 1.807) is 0 Å². The van der Waals surface area contributed by atoms with E-state index in [4.69, 9.17) is 5.26 Å². The number of allylic oxidation sites excluding steroid dienone is 4. The van der Waals surface area contributed by atoms with Crippen molar-refractivity contribution in [2.45, 2.75) is 53.4 Å². The van der Waals surface area contributed by atoms with Crippen LogP contribution in [0.25, 0.3) is 0 Å². The second-order valence-corrected chi connectivity index (χ2v) is 5.46. The molecule has 0 saturated heterocycles. The molecule has 0 aromatic heterocycles. The zero-order chi connectivity index (χ0) is 12.2. The molecule has 0 unspecified atom stereocenters. The molecule has 0 spiro atoms. The van der Waals surface area contributed by atoms with Gasteiger partial charge in [-0.15, -0.1) is 0 Å². The van der Waals surface area contributed by atoms with Crippen LogP contribution < -0.4 is 0 Å². The van der Waals surface area contributed by atoms with Gasteiger partial charge in [-0.2, -0.15) is 5.26 Å². The van der Waals surface area contributed by atoms with Crippen molar-refractivity contribution >= 4 is 0 Å². The predicted molar refractivity (Wildman–Crippen MR) is 68.9 cm³/mol. The minimum absolute atomic E-state index is 0.139. The summed E-state index contributed by atoms with van der Waals surface area (Å²) in [6.07, 6.45) is 9.05. The summed E-state index contributed by atoms with van der Waals surface area (Å²) in [6, 6.07) is 2.47. The minimum atomic E-state index is -0.139. The highest BCUT2D eigenvalue weighted by molar-refractivity contribution is 5.17. The maximum Gasteiger partial charge on any atom is 0.0693 e. The summed E-state index contributed by atoms with van der Waals surface area (Å²) in [4.78, 5) is 0. The second kappa shape index (κ2) is 5.34. The lowest BCUT2D eigenvalue weighted by Gasteiger charge is -2.32. The van der Waals surface area contributed by atoms with E-state index in [0.717, 1.165) is 25.7 Å². The average molecular weight is 217 g/mol. The highest BCUT2D eigenvalue weighted by Crippen LogP contribution is 2.39. The van der Waals surface area contributed by atoms with Crippen molar-refractivity contribution < 1.29 is 0 Å². The number of nitrogens with zero attached hydrogens (tertiary/aromatic N) is 1. The Morgan fingerprint density at radius 2 is 2.31 bits per heavy atom. The van der Waals surface area contributed by atoms with E-state index in [1.807, 2.05) is 0 Å². The van der Waals surface area contributed by atoms with Crippen LogP contribution in [0.1, 0.15) is 53.4 Å². The van der Waals surface area contributed by atoms with Crippen molar-refractivity contribution in [3.8, 4) is 6.07 Å². The molecule has 0 radical (unpaired) electrons. The Kier molecular flexibility index (Phi) is 4.35. The summed E-state index contributed by atoms with van der Waals surface area (Å²) in [7, 11) is 0. The molecule has 1 nitrogen and oxygen atoms in total. The lowest BCUT2D eigenvalue weighted by molar-refractivity contribution is 0.295. The van der Waals surface area contributed by atoms with Gasteiger partial charge in [0.25, 0.3) is 0 Å². The third-order valence-electron chi connectivity index (χ3n) is 3.73. The first-order valence-electron chi connectivity index (χ1n) is 6.22. The van der Waals surface area contributed by atoms with Crippen LogP contribution in [0.2, 0.25) is 0 Å². The molecule has 1 aliphatic rings. The van der Waals surface area contributed by atoms with E-state index in [0.29, 0.717) is 5.92 Å². The molecule has 0 amide bonds. The summed E-state index contributed by atoms with van der Waals surface area (Å²) in [6.45, 7) is 8.54. The number of hydrogen-bond donors (Lipinski definition) is 0. The van der Waals surface area contributed by atoms with Crippen LogP contribution in [0.5, 0.6) is 0 Å². The number of nitriles is 1. The lowest BCUT2D eigenvalue weighted by atomic mass is 9.70. The van der Waals surface area contributed by atoms with Crippen molar-refractivity contribution in [1.29, 1.82) is 5.26 Å². The van der Waals surface area contributed by atoms with Crippen molar-refractivity contribution in [3.63, 3.8) is 0 Å². The van der Waals surface area contributed by atoms with E-state index in [-0.39, 0.29) is 5.41 Å². The molecule has 0 bridgehead atoms. The molecular formula is C15H23N. The van der Waals surface area contributed by atoms with Crippen molar-refractivity contribution in [3.05, 3.63) is 23.3 Å². The van der Waals surface area contributed by atoms with Crippen LogP contribution in [-0.4, -0.2) is 0 Å². The Morgan fingerprint density at radius 1 is 1.62 bits per heavy atom. The predicted octanol–water partition coefficient (Wildman–Crippen LogP) is 4.62. The Bertz CT molecular complexity index is 339. The first kappa shape index (κ1) is 13.0. The van der Waals surface area contributed by atoms with Gasteiger partial charge in [-0.3, -0.25) is 0 Å². The van der Waals surface area contributed by atoms with Gasteiger partial charge in [-0.05, 0) is 52.4 Å². The molecule has 0 fully saturated rings. The lowest BCUT2D eigenvalue weighted by Crippen LogP contribution is -2.25. The first-order valence-corrected chi connectivity index (χ1v) is 6.22. The van der Waals surface area contributed by atoms with Crippen LogP contribution >= 0.6 is 0 Å². The molecule has 0 N–H and O–H groups in total. The summed E-state index contributed by atoms with van der Waals surface area (Å²) in [5.41, 5.74) is 2.80. The van der Waals surface area contributed by atoms with Crippen molar-refractivity contribution in [2.24, 2.45) is 11.3 Å². The van der Waals surface area contributed by atoms with Crippen molar-refractivity contribution in [2.75, 3.05) is 0 Å². The standard InChI is InChI=1S/C15H23N/c1-12(2)6-5-7-14-8-9-15(4,11-16)13(3)10-14/h6,10,13H,5,7-9H2,1-4H3/t13-,15-/m1/s1. The smallest absolute Gasteiger partial charge is 0.0693 e. The van der Waals surface area contributed by atoms with Crippen LogP contribution in [-0.2, 0) is 0 Å². The maximum absolute atomic E-state index is 9.17. The summed E-state index contributed by atoms with van der Waals surface area (Å²) >= 11 is 0. The normalized spacial score (nSPS) is 29.2. The van der Waals surface area contributed by atoms with Gasteiger partial charge in [0, 0.05) is 0 Å². The number of hydrogen-bond acceptors (Lipinski definition) is 1. The van der Waals surface area contributed by atoms with Gasteiger partial charge in [0.1, 0.15) is 0 Å². The van der Waals surface area contributed by atoms with E-state index >= 15 is 0 Å². The van der Waals surface area contributed by atoms with Gasteiger partial charge >= 0.3 is 0 Å². The number of rotatable bonds is 3. The first-order chi connectivity index (χ1) is 7.48. The molecule has 0 aromatic carbocycles. The topological polar surface area (TPSA) is 23.8 Å². The molecule has 0 aliphatic heterocycles. The zero-order valence-corrected chi connectivity index (χ0v) is 11.0. The van der Waals surface area contributed by atoms with E-state index < -0.39 is 0 Å². The molecular weight excluding hydrogens is 194 g/mol. The summed E-state index contributed by atoms with van der Waals surface area (Å²) in [5, 5.41) is 9.17. The highest BCUT2D eigenvalue weighted by atomic mass is 14.4. The fourth-order valence-corrected chi connectivity index (χ4v) is 2.18. The molecule has 2 atom stereocenters. The summed E-state index contributed by atoms with van der Waals surface area (Å²) < 4.78 is 0. The SMILES string of the molecule is CC(C)=CCCC1=C[C@@H](C)[C@@](C)(C#N)CC1. The zero-order valence-electron chi connectivity index (χ0n) is 11.0. The maximum atomic E-state index is 9.17. The van der Waals surface area contributed by atoms with E-state index in [2.05, 4.69) is 45.9 Å². The van der Waals surface area contributed by atoms with Crippen molar-refractivity contribution in [1.82, 2.24) is 0 Å². The Hall–Kier alpha value is -1.03. The Labute approximate surface area is 99.9 Å². The highest BCUT2D eigenvalue weighted by Gasteiger charge is 2.32. The van der Waals surface area contributed by atoms with Crippen LogP contribution in [0, 0.1) is 22.7 Å². The minimum Gasteiger partial charge on any atom is -0.198 e. The molecule has 1 aliphatic carbocycles. The monoisotopic (exact) mass is 217 g/mol. The molecule has 1 heteroatoms. The van der Waals surface area contributed by atoms with Gasteiger partial charge in [0.2, 0.25) is 0 Å². The van der Waals surface area contributed by atoms with Gasteiger partial charge in [-0.25, -0.2) is 0 Å². The van der Waals surface area contributed by atoms with E-state index in [9.17, 15) is 0 Å². The van der Waals surface area contributed by atoms with E-state index in [1.165, 1.54) is 11.1 Å². The fraction of sp³-hybridized carbons (Fsp3) is 0.667. The van der Waals surface area contributed by atoms with Crippen LogP contribution in [0.4, 0.5) is 0 Å². The Morgan fingerprint density at radius 3 is 2.81 bits per heavy atom. The summed E-state index contributed by atoms with van der Waals surface area (Å²) in [5.74, 6) is 0.396. The van der Waals surface area contributed by atoms with Crippen LogP contribution in [0.3, 0.4) is 0 Å². The van der Waals surface area contributed by atoms with Gasteiger partial charge < -0.3 is 0 Å². The molecule has 0 saturated carbocycles. The molecule has 16 heavy (non-hydrogen) atoms. The Balaban J connectivity index is 2.57. The third kappa shape index (κ3) is 3.23. The quantitative estimate of drug-likeness (QED) is 0.633. The van der Waals surface area contributed by atoms with Crippen LogP contribution in [0.15, 0.2) is 23.3 Å². The molecule has 1 rings (SSSR count). The largest absolute Gasteiger partial charge is 0.198 e. The molecule has 0 aromatic rings. The average Bonchev–Trinajstić information content (AvgIpc) is 2.23. The third-order valence-corrected chi connectivity index (χ3v) is 3.73.